The van der Waals surface area contributed by atoms with Crippen LogP contribution in [-0.2, 0) is 11.4 Å². The highest BCUT2D eigenvalue weighted by molar-refractivity contribution is 9.10. The van der Waals surface area contributed by atoms with E-state index in [1.165, 1.54) is 19.3 Å². The van der Waals surface area contributed by atoms with Crippen molar-refractivity contribution in [2.24, 2.45) is 5.92 Å². The Morgan fingerprint density at radius 3 is 2.47 bits per heavy atom. The Kier molecular flexibility index (Phi) is 8.02. The van der Waals surface area contributed by atoms with E-state index in [0.717, 1.165) is 38.4 Å². The number of benzene rings is 3. The van der Waals surface area contributed by atoms with Crippen molar-refractivity contribution in [2.75, 3.05) is 5.32 Å². The number of hydrogen-bond donors (Lipinski definition) is 1. The van der Waals surface area contributed by atoms with Gasteiger partial charge in [0.15, 0.2) is 5.50 Å². The largest absolute Gasteiger partial charge is 0.488 e. The van der Waals surface area contributed by atoms with Gasteiger partial charge in [0.25, 0.3) is 5.91 Å². The third-order valence-electron chi connectivity index (χ3n) is 6.91. The summed E-state index contributed by atoms with van der Waals surface area (Å²) in [5.41, 5.74) is 3.01. The summed E-state index contributed by atoms with van der Waals surface area (Å²) >= 11 is 5.26. The zero-order valence-corrected chi connectivity index (χ0v) is 22.8. The Hall–Kier alpha value is -2.70. The van der Waals surface area contributed by atoms with Gasteiger partial charge in [-0.05, 0) is 76.2 Å². The first-order chi connectivity index (χ1) is 17.6. The van der Waals surface area contributed by atoms with Crippen LogP contribution < -0.4 is 10.1 Å². The number of carbonyl (C=O) groups is 1. The van der Waals surface area contributed by atoms with Crippen LogP contribution in [0.2, 0.25) is 0 Å². The molecule has 0 aromatic heterocycles. The second-order valence-electron chi connectivity index (χ2n) is 9.49. The van der Waals surface area contributed by atoms with Crippen molar-refractivity contribution >= 4 is 45.4 Å². The highest BCUT2D eigenvalue weighted by Gasteiger charge is 2.42. The number of halogens is 1. The van der Waals surface area contributed by atoms with Crippen molar-refractivity contribution in [1.29, 1.82) is 0 Å². The number of para-hydroxylation sites is 1. The molecule has 2 fully saturated rings. The zero-order chi connectivity index (χ0) is 24.9. The number of rotatable bonds is 7. The van der Waals surface area contributed by atoms with Crippen LogP contribution in [0.4, 0.5) is 5.69 Å². The smallest absolute Gasteiger partial charge is 0.262 e. The predicted molar refractivity (Wildman–Crippen MR) is 153 cm³/mol. The van der Waals surface area contributed by atoms with Crippen molar-refractivity contribution in [2.45, 2.75) is 50.8 Å². The second kappa shape index (κ2) is 11.6. The summed E-state index contributed by atoms with van der Waals surface area (Å²) in [5.74, 6) is 1.40. The molecule has 1 heterocycles. The van der Waals surface area contributed by atoms with Gasteiger partial charge in [0.1, 0.15) is 12.4 Å². The third-order valence-corrected chi connectivity index (χ3v) is 8.65. The third kappa shape index (κ3) is 5.81. The standard InChI is InChI=1S/C30H31BrN2O2S/c1-21-10-8-9-15-26(21)33-29(34)28(36-30(33)32-24-13-6-3-7-14-24)19-23-16-17-27(25(31)18-23)35-20-22-11-4-2-5-12-22/h2-7,11-14,16-19,21,26,30,32H,8-10,15,20H2,1H3/b28-19-/t21-,26+,30?/m0/s1. The lowest BCUT2D eigenvalue weighted by Gasteiger charge is -2.39. The molecular weight excluding hydrogens is 532 g/mol. The van der Waals surface area contributed by atoms with Crippen LogP contribution in [0.15, 0.2) is 88.2 Å². The van der Waals surface area contributed by atoms with Gasteiger partial charge in [0.2, 0.25) is 0 Å². The molecular formula is C30H31BrN2O2S. The average Bonchev–Trinajstić information content (AvgIpc) is 3.19. The maximum absolute atomic E-state index is 13.7. The Morgan fingerprint density at radius 2 is 1.75 bits per heavy atom. The quantitative estimate of drug-likeness (QED) is 0.297. The van der Waals surface area contributed by atoms with Gasteiger partial charge in [-0.3, -0.25) is 4.79 Å². The number of carbonyl (C=O) groups excluding carboxylic acids is 1. The number of nitrogens with one attached hydrogen (secondary N) is 1. The Balaban J connectivity index is 1.36. The van der Waals surface area contributed by atoms with Gasteiger partial charge in [-0.2, -0.15) is 0 Å². The molecule has 0 radical (unpaired) electrons. The maximum Gasteiger partial charge on any atom is 0.262 e. The average molecular weight is 564 g/mol. The molecule has 1 amide bonds. The Morgan fingerprint density at radius 1 is 1.03 bits per heavy atom. The van der Waals surface area contributed by atoms with E-state index < -0.39 is 0 Å². The molecule has 186 valence electrons. The lowest BCUT2D eigenvalue weighted by molar-refractivity contribution is -0.129. The summed E-state index contributed by atoms with van der Waals surface area (Å²) in [6, 6.07) is 26.5. The molecule has 5 rings (SSSR count). The maximum atomic E-state index is 13.7. The molecule has 1 saturated carbocycles. The molecule has 1 saturated heterocycles. The summed E-state index contributed by atoms with van der Waals surface area (Å²) in [7, 11) is 0. The van der Waals surface area contributed by atoms with Crippen LogP contribution in [0.5, 0.6) is 5.75 Å². The van der Waals surface area contributed by atoms with E-state index in [4.69, 9.17) is 4.74 Å². The van der Waals surface area contributed by atoms with Gasteiger partial charge in [0.05, 0.1) is 9.38 Å². The van der Waals surface area contributed by atoms with Gasteiger partial charge >= 0.3 is 0 Å². The van der Waals surface area contributed by atoms with Crippen LogP contribution in [0.1, 0.15) is 43.7 Å². The molecule has 36 heavy (non-hydrogen) atoms. The van der Waals surface area contributed by atoms with Crippen LogP contribution in [0, 0.1) is 5.92 Å². The van der Waals surface area contributed by atoms with E-state index >= 15 is 0 Å². The van der Waals surface area contributed by atoms with E-state index in [1.807, 2.05) is 60.7 Å². The van der Waals surface area contributed by atoms with Crippen molar-refractivity contribution in [3.8, 4) is 5.75 Å². The summed E-state index contributed by atoms with van der Waals surface area (Å²) in [6.07, 6.45) is 6.67. The first kappa shape index (κ1) is 25.0. The summed E-state index contributed by atoms with van der Waals surface area (Å²) < 4.78 is 6.88. The van der Waals surface area contributed by atoms with Crippen LogP contribution >= 0.6 is 27.7 Å². The van der Waals surface area contributed by atoms with E-state index in [0.29, 0.717) is 12.5 Å². The van der Waals surface area contributed by atoms with Crippen molar-refractivity contribution in [1.82, 2.24) is 4.90 Å². The van der Waals surface area contributed by atoms with Crippen molar-refractivity contribution in [3.05, 3.63) is 99.4 Å². The number of nitrogens with zero attached hydrogens (tertiary/aromatic N) is 1. The van der Waals surface area contributed by atoms with E-state index in [-0.39, 0.29) is 17.4 Å². The molecule has 1 aliphatic heterocycles. The highest BCUT2D eigenvalue weighted by Crippen LogP contribution is 2.42. The number of anilines is 1. The zero-order valence-electron chi connectivity index (χ0n) is 20.4. The number of thioether (sulfide) groups is 1. The SMILES string of the molecule is C[C@H]1CCCC[C@H]1N1C(=O)/C(=C/c2ccc(OCc3ccccc3)c(Br)c2)SC1Nc1ccccc1. The minimum atomic E-state index is -0.117. The Bertz CT molecular complexity index is 1220. The fourth-order valence-electron chi connectivity index (χ4n) is 4.98. The normalized spacial score (nSPS) is 23.2. The summed E-state index contributed by atoms with van der Waals surface area (Å²) in [6.45, 7) is 2.80. The van der Waals surface area contributed by atoms with Gasteiger partial charge in [0, 0.05) is 11.7 Å². The van der Waals surface area contributed by atoms with Crippen LogP contribution in [0.25, 0.3) is 6.08 Å². The fourth-order valence-corrected chi connectivity index (χ4v) is 6.70. The summed E-state index contributed by atoms with van der Waals surface area (Å²) in [4.78, 5) is 16.6. The topological polar surface area (TPSA) is 41.6 Å². The number of amides is 1. The molecule has 2 aliphatic rings. The lowest BCUT2D eigenvalue weighted by Crippen LogP contribution is -2.48. The minimum Gasteiger partial charge on any atom is -0.488 e. The molecule has 3 aromatic carbocycles. The van der Waals surface area contributed by atoms with Crippen molar-refractivity contribution < 1.29 is 9.53 Å². The molecule has 1 unspecified atom stereocenters. The molecule has 4 nitrogen and oxygen atoms in total. The summed E-state index contributed by atoms with van der Waals surface area (Å²) in [5, 5.41) is 3.61. The molecule has 0 spiro atoms. The molecule has 3 aromatic rings. The van der Waals surface area contributed by atoms with Gasteiger partial charge < -0.3 is 15.0 Å². The molecule has 1 aliphatic carbocycles. The highest BCUT2D eigenvalue weighted by atomic mass is 79.9. The molecule has 0 bridgehead atoms. The molecule has 1 N–H and O–H groups in total. The lowest BCUT2D eigenvalue weighted by atomic mass is 9.85. The minimum absolute atomic E-state index is 0.117. The van der Waals surface area contributed by atoms with Gasteiger partial charge in [-0.15, -0.1) is 0 Å². The van der Waals surface area contributed by atoms with Crippen molar-refractivity contribution in [3.63, 3.8) is 0 Å². The van der Waals surface area contributed by atoms with Gasteiger partial charge in [-0.1, -0.05) is 86.1 Å². The molecule has 3 atom stereocenters. The monoisotopic (exact) mass is 562 g/mol. The van der Waals surface area contributed by atoms with E-state index in [9.17, 15) is 4.79 Å². The predicted octanol–water partition coefficient (Wildman–Crippen LogP) is 7.92. The van der Waals surface area contributed by atoms with E-state index in [2.05, 4.69) is 57.3 Å². The van der Waals surface area contributed by atoms with Crippen LogP contribution in [0.3, 0.4) is 0 Å². The number of hydrogen-bond acceptors (Lipinski definition) is 4. The Labute approximate surface area is 226 Å². The number of ether oxygens (including phenoxy) is 1. The first-order valence-corrected chi connectivity index (χ1v) is 14.2. The first-order valence-electron chi connectivity index (χ1n) is 12.6. The van der Waals surface area contributed by atoms with Gasteiger partial charge in [-0.25, -0.2) is 0 Å². The fraction of sp³-hybridized carbons (Fsp3) is 0.300. The second-order valence-corrected chi connectivity index (χ2v) is 11.5. The van der Waals surface area contributed by atoms with E-state index in [1.54, 1.807) is 11.8 Å². The molecule has 6 heteroatoms. The van der Waals surface area contributed by atoms with Crippen LogP contribution in [-0.4, -0.2) is 22.3 Å².